The Labute approximate surface area is 116 Å². The minimum absolute atomic E-state index is 0.0196. The van der Waals surface area contributed by atoms with Gasteiger partial charge in [0, 0.05) is 17.4 Å². The van der Waals surface area contributed by atoms with E-state index < -0.39 is 0 Å². The second-order valence-corrected chi connectivity index (χ2v) is 4.89. The maximum Gasteiger partial charge on any atom is 0.167 e. The lowest BCUT2D eigenvalue weighted by Gasteiger charge is -2.22. The molecule has 1 N–H and O–H groups in total. The largest absolute Gasteiger partial charge is 0.507 e. The fourth-order valence-electron chi connectivity index (χ4n) is 2.97. The van der Waals surface area contributed by atoms with E-state index in [1.54, 1.807) is 20.3 Å². The normalized spacial score (nSPS) is 14.2. The summed E-state index contributed by atoms with van der Waals surface area (Å²) in [5.74, 6) is 1.29. The van der Waals surface area contributed by atoms with E-state index in [1.807, 2.05) is 12.1 Å². The Morgan fingerprint density at radius 3 is 2.65 bits per heavy atom. The quantitative estimate of drug-likeness (QED) is 0.912. The van der Waals surface area contributed by atoms with Crippen molar-refractivity contribution in [2.45, 2.75) is 19.3 Å². The number of aromatic hydroxyl groups is 1. The molecule has 0 radical (unpaired) electrons. The highest BCUT2D eigenvalue weighted by molar-refractivity contribution is 6.11. The first-order valence-electron chi connectivity index (χ1n) is 6.60. The number of ether oxygens (including phenoxy) is 2. The van der Waals surface area contributed by atoms with Crippen molar-refractivity contribution >= 4 is 16.6 Å². The minimum atomic E-state index is 0.0196. The highest BCUT2D eigenvalue weighted by atomic mass is 16.5. The number of rotatable bonds is 2. The Bertz CT molecular complexity index is 703. The van der Waals surface area contributed by atoms with Gasteiger partial charge in [-0.1, -0.05) is 12.1 Å². The van der Waals surface area contributed by atoms with Gasteiger partial charge in [-0.15, -0.1) is 0 Å². The van der Waals surface area contributed by atoms with Gasteiger partial charge in [0.25, 0.3) is 0 Å². The van der Waals surface area contributed by atoms with Crippen LogP contribution < -0.4 is 9.47 Å². The molecule has 2 aromatic rings. The second kappa shape index (κ2) is 4.71. The van der Waals surface area contributed by atoms with Gasteiger partial charge in [-0.2, -0.15) is 0 Å². The monoisotopic (exact) mass is 272 g/mol. The van der Waals surface area contributed by atoms with Crippen LogP contribution in [-0.4, -0.2) is 25.1 Å². The molecule has 4 nitrogen and oxygen atoms in total. The van der Waals surface area contributed by atoms with Gasteiger partial charge in [0.1, 0.15) is 17.2 Å². The van der Waals surface area contributed by atoms with Crippen LogP contribution in [0.1, 0.15) is 28.8 Å². The highest BCUT2D eigenvalue weighted by Gasteiger charge is 2.28. The van der Waals surface area contributed by atoms with Gasteiger partial charge in [0.05, 0.1) is 25.2 Å². The third kappa shape index (κ3) is 1.64. The van der Waals surface area contributed by atoms with Crippen molar-refractivity contribution < 1.29 is 19.4 Å². The smallest absolute Gasteiger partial charge is 0.167 e. The summed E-state index contributed by atoms with van der Waals surface area (Å²) in [7, 11) is 3.10. The van der Waals surface area contributed by atoms with Crippen LogP contribution >= 0.6 is 0 Å². The van der Waals surface area contributed by atoms with E-state index in [-0.39, 0.29) is 11.5 Å². The Morgan fingerprint density at radius 2 is 1.95 bits per heavy atom. The maximum absolute atomic E-state index is 12.2. The zero-order valence-electron chi connectivity index (χ0n) is 11.5. The number of benzene rings is 2. The molecule has 0 saturated heterocycles. The lowest BCUT2D eigenvalue weighted by atomic mass is 9.86. The zero-order chi connectivity index (χ0) is 14.3. The van der Waals surface area contributed by atoms with Crippen LogP contribution in [0.5, 0.6) is 17.2 Å². The molecule has 0 heterocycles. The van der Waals surface area contributed by atoms with Crippen molar-refractivity contribution in [3.63, 3.8) is 0 Å². The summed E-state index contributed by atoms with van der Waals surface area (Å²) in [6.07, 6.45) is 1.94. The molecule has 0 amide bonds. The van der Waals surface area contributed by atoms with Crippen LogP contribution in [0.3, 0.4) is 0 Å². The number of Topliss-reactive ketones (excluding diaryl/α,β-unsaturated/α-hetero) is 1. The number of hydrogen-bond donors (Lipinski definition) is 1. The van der Waals surface area contributed by atoms with Gasteiger partial charge in [0.2, 0.25) is 0 Å². The molecule has 0 bridgehead atoms. The fourth-order valence-corrected chi connectivity index (χ4v) is 2.97. The number of hydrogen-bond acceptors (Lipinski definition) is 4. The van der Waals surface area contributed by atoms with Crippen molar-refractivity contribution in [3.8, 4) is 17.2 Å². The summed E-state index contributed by atoms with van der Waals surface area (Å²) in [5.41, 5.74) is 1.20. The van der Waals surface area contributed by atoms with Crippen LogP contribution in [0, 0.1) is 0 Å². The Balaban J connectivity index is 2.51. The molecule has 104 valence electrons. The second-order valence-electron chi connectivity index (χ2n) is 4.89. The lowest BCUT2D eigenvalue weighted by Crippen LogP contribution is -2.13. The highest BCUT2D eigenvalue weighted by Crippen LogP contribution is 2.46. The molecule has 0 fully saturated rings. The Morgan fingerprint density at radius 1 is 1.15 bits per heavy atom. The lowest BCUT2D eigenvalue weighted by molar-refractivity contribution is 0.0968. The first-order valence-corrected chi connectivity index (χ1v) is 6.60. The molecule has 2 aromatic carbocycles. The average Bonchev–Trinajstić information content (AvgIpc) is 2.48. The first kappa shape index (κ1) is 12.8. The summed E-state index contributed by atoms with van der Waals surface area (Å²) in [4.78, 5) is 12.2. The van der Waals surface area contributed by atoms with Gasteiger partial charge >= 0.3 is 0 Å². The molecule has 4 heteroatoms. The van der Waals surface area contributed by atoms with Crippen molar-refractivity contribution in [3.05, 3.63) is 29.3 Å². The molecule has 0 aromatic heterocycles. The molecule has 20 heavy (non-hydrogen) atoms. The van der Waals surface area contributed by atoms with Gasteiger partial charge < -0.3 is 14.6 Å². The number of phenols is 1. The summed E-state index contributed by atoms with van der Waals surface area (Å²) >= 11 is 0. The van der Waals surface area contributed by atoms with E-state index in [0.717, 1.165) is 6.42 Å². The summed E-state index contributed by atoms with van der Waals surface area (Å²) in [6, 6.07) is 5.43. The number of carbonyl (C=O) groups excluding carboxylic acids is 1. The van der Waals surface area contributed by atoms with E-state index in [4.69, 9.17) is 9.47 Å². The third-order valence-corrected chi connectivity index (χ3v) is 3.86. The zero-order valence-corrected chi connectivity index (χ0v) is 11.5. The van der Waals surface area contributed by atoms with E-state index in [1.165, 1.54) is 0 Å². The van der Waals surface area contributed by atoms with E-state index in [2.05, 4.69) is 0 Å². The molecular formula is C16H16O4. The van der Waals surface area contributed by atoms with Crippen molar-refractivity contribution in [2.24, 2.45) is 0 Å². The van der Waals surface area contributed by atoms with Crippen LogP contribution in [0.15, 0.2) is 18.2 Å². The molecule has 1 aliphatic rings. The van der Waals surface area contributed by atoms with E-state index in [0.29, 0.717) is 46.2 Å². The van der Waals surface area contributed by atoms with Crippen molar-refractivity contribution in [1.82, 2.24) is 0 Å². The molecular weight excluding hydrogens is 256 g/mol. The third-order valence-electron chi connectivity index (χ3n) is 3.86. The molecule has 0 aliphatic heterocycles. The molecule has 0 unspecified atom stereocenters. The molecule has 0 atom stereocenters. The van der Waals surface area contributed by atoms with Crippen LogP contribution in [0.2, 0.25) is 0 Å². The molecule has 1 aliphatic carbocycles. The fraction of sp³-hybridized carbons (Fsp3) is 0.312. The van der Waals surface area contributed by atoms with Crippen LogP contribution in [-0.2, 0) is 6.42 Å². The van der Waals surface area contributed by atoms with E-state index >= 15 is 0 Å². The van der Waals surface area contributed by atoms with Crippen molar-refractivity contribution in [1.29, 1.82) is 0 Å². The predicted octanol–water partition coefficient (Wildman–Crippen LogP) is 3.08. The summed E-state index contributed by atoms with van der Waals surface area (Å²) < 4.78 is 10.8. The number of ketones is 1. The number of fused-ring (bicyclic) bond motifs is 2. The number of methoxy groups -OCH3 is 2. The SMILES string of the molecule is COc1cccc2c(O)c3c(c(OC)c12)C(=O)CCC3. The minimum Gasteiger partial charge on any atom is -0.507 e. The summed E-state index contributed by atoms with van der Waals surface area (Å²) in [6.45, 7) is 0. The van der Waals surface area contributed by atoms with Crippen LogP contribution in [0.4, 0.5) is 0 Å². The molecule has 3 rings (SSSR count). The standard InChI is InChI=1S/C16H16O4/c1-19-12-8-4-6-10-14(12)16(20-2)13-9(15(10)18)5-3-7-11(13)17/h4,6,8,18H,3,5,7H2,1-2H3. The van der Waals surface area contributed by atoms with E-state index in [9.17, 15) is 9.90 Å². The topological polar surface area (TPSA) is 55.8 Å². The Hall–Kier alpha value is -2.23. The summed E-state index contributed by atoms with van der Waals surface area (Å²) in [5, 5.41) is 11.8. The number of phenolic OH excluding ortho intramolecular Hbond substituents is 1. The Kier molecular flexibility index (Phi) is 3.01. The number of carbonyl (C=O) groups is 1. The maximum atomic E-state index is 12.2. The predicted molar refractivity (Wildman–Crippen MR) is 76.0 cm³/mol. The first-order chi connectivity index (χ1) is 9.69. The van der Waals surface area contributed by atoms with Gasteiger partial charge in [-0.05, 0) is 18.9 Å². The van der Waals surface area contributed by atoms with Crippen LogP contribution in [0.25, 0.3) is 10.8 Å². The van der Waals surface area contributed by atoms with Gasteiger partial charge in [-0.3, -0.25) is 4.79 Å². The van der Waals surface area contributed by atoms with Crippen molar-refractivity contribution in [2.75, 3.05) is 14.2 Å². The molecule has 0 saturated carbocycles. The molecule has 0 spiro atoms. The van der Waals surface area contributed by atoms with Gasteiger partial charge in [0.15, 0.2) is 5.78 Å². The average molecular weight is 272 g/mol. The van der Waals surface area contributed by atoms with Gasteiger partial charge in [-0.25, -0.2) is 0 Å².